The highest BCUT2D eigenvalue weighted by molar-refractivity contribution is 14.1. The summed E-state index contributed by atoms with van der Waals surface area (Å²) in [6.45, 7) is 1.50. The number of aromatic nitrogens is 1. The molecule has 1 rings (SSSR count). The highest BCUT2D eigenvalue weighted by Crippen LogP contribution is 2.12. The lowest BCUT2D eigenvalue weighted by Crippen LogP contribution is -1.94. The molecule has 1 aromatic heterocycles. The molecule has 0 aliphatic heterocycles. The number of hydrogen-bond acceptors (Lipinski definition) is 2. The summed E-state index contributed by atoms with van der Waals surface area (Å²) in [7, 11) is 0. The second-order valence-electron chi connectivity index (χ2n) is 2.06. The van der Waals surface area contributed by atoms with E-state index in [-0.39, 0.29) is 5.78 Å². The fourth-order valence-electron chi connectivity index (χ4n) is 0.668. The molecule has 11 heavy (non-hydrogen) atoms. The molecule has 0 amide bonds. The molecule has 0 unspecified atom stereocenters. The van der Waals surface area contributed by atoms with Crippen molar-refractivity contribution in [2.75, 3.05) is 0 Å². The summed E-state index contributed by atoms with van der Waals surface area (Å²) in [5, 5.41) is 0.363. The van der Waals surface area contributed by atoms with Gasteiger partial charge in [-0.2, -0.15) is 0 Å². The molecule has 58 valence electrons. The van der Waals surface area contributed by atoms with E-state index in [0.29, 0.717) is 10.7 Å². The molecule has 0 saturated heterocycles. The molecule has 2 nitrogen and oxygen atoms in total. The second kappa shape index (κ2) is 3.49. The standard InChI is InChI=1S/C7H5ClINO/c1-4(11)5-2-6(8)10-7(9)3-5/h2-3H,1H3. The van der Waals surface area contributed by atoms with Crippen molar-refractivity contribution in [1.82, 2.24) is 4.98 Å². The predicted molar refractivity (Wildman–Crippen MR) is 52.0 cm³/mol. The minimum Gasteiger partial charge on any atom is -0.295 e. The zero-order chi connectivity index (χ0) is 8.43. The van der Waals surface area contributed by atoms with Crippen LogP contribution in [0.5, 0.6) is 0 Å². The molecular weight excluding hydrogens is 276 g/mol. The van der Waals surface area contributed by atoms with Crippen molar-refractivity contribution in [3.05, 3.63) is 26.5 Å². The van der Waals surface area contributed by atoms with E-state index in [9.17, 15) is 4.79 Å². The first-order valence-electron chi connectivity index (χ1n) is 2.93. The SMILES string of the molecule is CC(=O)c1cc(Cl)nc(I)c1. The van der Waals surface area contributed by atoms with E-state index in [0.717, 1.165) is 3.70 Å². The van der Waals surface area contributed by atoms with E-state index in [1.165, 1.54) is 6.92 Å². The molecule has 0 bridgehead atoms. The number of pyridine rings is 1. The Hall–Kier alpha value is -0.160. The molecule has 0 aliphatic rings. The molecular formula is C7H5ClINO. The van der Waals surface area contributed by atoms with E-state index in [4.69, 9.17) is 11.6 Å². The molecule has 1 aromatic rings. The van der Waals surface area contributed by atoms with Crippen molar-refractivity contribution < 1.29 is 4.79 Å². The Labute approximate surface area is 83.1 Å². The van der Waals surface area contributed by atoms with Gasteiger partial charge in [0, 0.05) is 5.56 Å². The Morgan fingerprint density at radius 3 is 2.73 bits per heavy atom. The Morgan fingerprint density at radius 2 is 2.27 bits per heavy atom. The lowest BCUT2D eigenvalue weighted by atomic mass is 10.2. The van der Waals surface area contributed by atoms with Gasteiger partial charge in [-0.25, -0.2) is 4.98 Å². The number of halogens is 2. The topological polar surface area (TPSA) is 30.0 Å². The van der Waals surface area contributed by atoms with Gasteiger partial charge < -0.3 is 0 Å². The van der Waals surface area contributed by atoms with E-state index in [1.54, 1.807) is 12.1 Å². The first-order chi connectivity index (χ1) is 5.09. The van der Waals surface area contributed by atoms with Crippen LogP contribution in [0.25, 0.3) is 0 Å². The second-order valence-corrected chi connectivity index (χ2v) is 3.55. The number of hydrogen-bond donors (Lipinski definition) is 0. The van der Waals surface area contributed by atoms with Crippen molar-refractivity contribution in [3.63, 3.8) is 0 Å². The molecule has 0 radical (unpaired) electrons. The number of carbonyl (C=O) groups excluding carboxylic acids is 1. The summed E-state index contributed by atoms with van der Waals surface area (Å²) in [6, 6.07) is 3.26. The van der Waals surface area contributed by atoms with Crippen LogP contribution in [0, 0.1) is 3.70 Å². The minimum atomic E-state index is 0.00668. The largest absolute Gasteiger partial charge is 0.295 e. The fourth-order valence-corrected chi connectivity index (χ4v) is 1.61. The lowest BCUT2D eigenvalue weighted by Gasteiger charge is -1.96. The van der Waals surface area contributed by atoms with E-state index in [1.807, 2.05) is 22.6 Å². The van der Waals surface area contributed by atoms with Gasteiger partial charge in [0.2, 0.25) is 0 Å². The molecule has 0 saturated carbocycles. The first-order valence-corrected chi connectivity index (χ1v) is 4.39. The quantitative estimate of drug-likeness (QED) is 0.450. The number of rotatable bonds is 1. The van der Waals surface area contributed by atoms with Crippen LogP contribution in [-0.4, -0.2) is 10.8 Å². The molecule has 0 N–H and O–H groups in total. The van der Waals surface area contributed by atoms with Gasteiger partial charge in [-0.15, -0.1) is 0 Å². The number of Topliss-reactive ketones (excluding diaryl/α,β-unsaturated/α-hetero) is 1. The lowest BCUT2D eigenvalue weighted by molar-refractivity contribution is 0.101. The van der Waals surface area contributed by atoms with E-state index in [2.05, 4.69) is 4.98 Å². The number of carbonyl (C=O) groups is 1. The van der Waals surface area contributed by atoms with Gasteiger partial charge in [-0.3, -0.25) is 4.79 Å². The predicted octanol–water partition coefficient (Wildman–Crippen LogP) is 2.54. The number of ketones is 1. The third-order valence-electron chi connectivity index (χ3n) is 1.17. The van der Waals surface area contributed by atoms with Crippen LogP contribution in [0.1, 0.15) is 17.3 Å². The van der Waals surface area contributed by atoms with Gasteiger partial charge in [-0.05, 0) is 41.6 Å². The summed E-state index contributed by atoms with van der Waals surface area (Å²) in [6.07, 6.45) is 0. The third-order valence-corrected chi connectivity index (χ3v) is 1.92. The van der Waals surface area contributed by atoms with Crippen LogP contribution in [-0.2, 0) is 0 Å². The first kappa shape index (κ1) is 8.93. The summed E-state index contributed by atoms with van der Waals surface area (Å²) in [5.41, 5.74) is 0.606. The van der Waals surface area contributed by atoms with Crippen LogP contribution >= 0.6 is 34.2 Å². The fraction of sp³-hybridized carbons (Fsp3) is 0.143. The average molecular weight is 281 g/mol. The van der Waals surface area contributed by atoms with Crippen molar-refractivity contribution in [1.29, 1.82) is 0 Å². The monoisotopic (exact) mass is 281 g/mol. The molecule has 0 aromatic carbocycles. The molecule has 0 atom stereocenters. The summed E-state index contributed by atoms with van der Waals surface area (Å²) >= 11 is 7.64. The van der Waals surface area contributed by atoms with Crippen LogP contribution in [0.15, 0.2) is 12.1 Å². The Kier molecular flexibility index (Phi) is 2.84. The minimum absolute atomic E-state index is 0.00668. The normalized spacial score (nSPS) is 9.73. The summed E-state index contributed by atoms with van der Waals surface area (Å²) in [5.74, 6) is 0.00668. The zero-order valence-electron chi connectivity index (χ0n) is 5.77. The molecule has 0 spiro atoms. The van der Waals surface area contributed by atoms with Gasteiger partial charge in [0.15, 0.2) is 5.78 Å². The van der Waals surface area contributed by atoms with Gasteiger partial charge in [0.05, 0.1) is 0 Å². The maximum atomic E-state index is 10.9. The molecule has 0 aliphatic carbocycles. The van der Waals surface area contributed by atoms with Crippen molar-refractivity contribution in [2.24, 2.45) is 0 Å². The molecule has 0 fully saturated rings. The number of nitrogens with zero attached hydrogens (tertiary/aromatic N) is 1. The maximum absolute atomic E-state index is 10.9. The maximum Gasteiger partial charge on any atom is 0.160 e. The Morgan fingerprint density at radius 1 is 1.64 bits per heavy atom. The van der Waals surface area contributed by atoms with Gasteiger partial charge in [0.25, 0.3) is 0 Å². The van der Waals surface area contributed by atoms with Crippen molar-refractivity contribution in [2.45, 2.75) is 6.92 Å². The summed E-state index contributed by atoms with van der Waals surface area (Å²) in [4.78, 5) is 14.8. The Balaban J connectivity index is 3.19. The van der Waals surface area contributed by atoms with Crippen LogP contribution in [0.4, 0.5) is 0 Å². The highest BCUT2D eigenvalue weighted by Gasteiger charge is 2.02. The van der Waals surface area contributed by atoms with Crippen molar-refractivity contribution >= 4 is 40.0 Å². The molecule has 4 heteroatoms. The van der Waals surface area contributed by atoms with Crippen LogP contribution in [0.2, 0.25) is 5.15 Å². The highest BCUT2D eigenvalue weighted by atomic mass is 127. The third kappa shape index (κ3) is 2.41. The summed E-state index contributed by atoms with van der Waals surface area (Å²) < 4.78 is 0.736. The smallest absolute Gasteiger partial charge is 0.160 e. The Bertz CT molecular complexity index is 280. The van der Waals surface area contributed by atoms with Gasteiger partial charge in [0.1, 0.15) is 8.85 Å². The van der Waals surface area contributed by atoms with E-state index < -0.39 is 0 Å². The molecule has 1 heterocycles. The van der Waals surface area contributed by atoms with Crippen molar-refractivity contribution in [3.8, 4) is 0 Å². The average Bonchev–Trinajstić information content (AvgIpc) is 1.85. The van der Waals surface area contributed by atoms with Crippen LogP contribution in [0.3, 0.4) is 0 Å². The zero-order valence-corrected chi connectivity index (χ0v) is 8.68. The van der Waals surface area contributed by atoms with E-state index >= 15 is 0 Å². The van der Waals surface area contributed by atoms with Crippen LogP contribution < -0.4 is 0 Å². The van der Waals surface area contributed by atoms with Gasteiger partial charge >= 0.3 is 0 Å². The van der Waals surface area contributed by atoms with Gasteiger partial charge in [-0.1, -0.05) is 11.6 Å².